The second-order valence-corrected chi connectivity index (χ2v) is 3.44. The van der Waals surface area contributed by atoms with E-state index in [0.717, 1.165) is 6.42 Å². The number of benzene rings is 1. The van der Waals surface area contributed by atoms with Gasteiger partial charge in [0.2, 0.25) is 0 Å². The van der Waals surface area contributed by atoms with Gasteiger partial charge in [0.05, 0.1) is 25.0 Å². The molecule has 5 heteroatoms. The summed E-state index contributed by atoms with van der Waals surface area (Å²) < 4.78 is 14.9. The maximum absolute atomic E-state index is 11.2. The molecule has 0 unspecified atom stereocenters. The molecule has 0 fully saturated rings. The van der Waals surface area contributed by atoms with Gasteiger partial charge in [-0.1, -0.05) is 0 Å². The summed E-state index contributed by atoms with van der Waals surface area (Å²) in [6.45, 7) is 1.16. The molecular formula is C12H17NO4. The largest absolute Gasteiger partial charge is 0.491 e. The van der Waals surface area contributed by atoms with E-state index in [1.807, 2.05) is 0 Å². The van der Waals surface area contributed by atoms with E-state index in [-0.39, 0.29) is 0 Å². The van der Waals surface area contributed by atoms with Crippen molar-refractivity contribution in [3.63, 3.8) is 0 Å². The third-order valence-corrected chi connectivity index (χ3v) is 2.18. The van der Waals surface area contributed by atoms with Gasteiger partial charge in [-0.2, -0.15) is 0 Å². The van der Waals surface area contributed by atoms with Crippen molar-refractivity contribution >= 4 is 11.7 Å². The van der Waals surface area contributed by atoms with Crippen molar-refractivity contribution in [2.24, 2.45) is 0 Å². The molecule has 0 radical (unpaired) electrons. The number of rotatable bonds is 6. The Hall–Kier alpha value is -1.75. The van der Waals surface area contributed by atoms with E-state index < -0.39 is 5.97 Å². The van der Waals surface area contributed by atoms with Gasteiger partial charge in [0.15, 0.2) is 0 Å². The lowest BCUT2D eigenvalue weighted by Crippen LogP contribution is -2.06. The van der Waals surface area contributed by atoms with Gasteiger partial charge < -0.3 is 19.9 Å². The summed E-state index contributed by atoms with van der Waals surface area (Å²) in [5.74, 6) is 0.149. The second-order valence-electron chi connectivity index (χ2n) is 3.44. The first-order chi connectivity index (χ1) is 8.19. The minimum atomic E-state index is -0.414. The highest BCUT2D eigenvalue weighted by Gasteiger charge is 2.08. The third-order valence-electron chi connectivity index (χ3n) is 2.18. The molecular weight excluding hydrogens is 222 g/mol. The maximum atomic E-state index is 11.2. The Balaban J connectivity index is 2.60. The van der Waals surface area contributed by atoms with Gasteiger partial charge in [-0.25, -0.2) is 4.79 Å². The van der Waals surface area contributed by atoms with Crippen molar-refractivity contribution in [3.05, 3.63) is 23.8 Å². The molecule has 0 atom stereocenters. The van der Waals surface area contributed by atoms with Crippen molar-refractivity contribution < 1.29 is 19.0 Å². The summed E-state index contributed by atoms with van der Waals surface area (Å²) in [4.78, 5) is 11.2. The number of methoxy groups -OCH3 is 2. The lowest BCUT2D eigenvalue weighted by molar-refractivity contribution is 0.0601. The number of ether oxygens (including phenoxy) is 3. The minimum Gasteiger partial charge on any atom is -0.491 e. The number of esters is 1. The quantitative estimate of drug-likeness (QED) is 0.462. The van der Waals surface area contributed by atoms with Crippen molar-refractivity contribution in [2.45, 2.75) is 6.42 Å². The van der Waals surface area contributed by atoms with E-state index in [4.69, 9.17) is 15.2 Å². The first-order valence-electron chi connectivity index (χ1n) is 5.28. The Morgan fingerprint density at radius 2 is 2.06 bits per heavy atom. The molecule has 5 nitrogen and oxygen atoms in total. The summed E-state index contributed by atoms with van der Waals surface area (Å²) in [6, 6.07) is 4.82. The van der Waals surface area contributed by atoms with E-state index in [1.54, 1.807) is 19.2 Å². The number of anilines is 1. The fraction of sp³-hybridized carbons (Fsp3) is 0.417. The van der Waals surface area contributed by atoms with Gasteiger partial charge in [-0.05, 0) is 18.2 Å². The van der Waals surface area contributed by atoms with Crippen LogP contribution >= 0.6 is 0 Å². The van der Waals surface area contributed by atoms with Crippen LogP contribution in [0.1, 0.15) is 16.8 Å². The lowest BCUT2D eigenvalue weighted by Gasteiger charge is -2.09. The molecule has 2 N–H and O–H groups in total. The van der Waals surface area contributed by atoms with Crippen molar-refractivity contribution in [1.29, 1.82) is 0 Å². The number of hydrogen-bond acceptors (Lipinski definition) is 5. The van der Waals surface area contributed by atoms with E-state index in [9.17, 15) is 4.79 Å². The molecule has 1 aromatic rings. The van der Waals surface area contributed by atoms with Crippen LogP contribution in [0.15, 0.2) is 18.2 Å². The Kier molecular flexibility index (Phi) is 5.29. The van der Waals surface area contributed by atoms with E-state index >= 15 is 0 Å². The summed E-state index contributed by atoms with van der Waals surface area (Å²) >= 11 is 0. The molecule has 0 aliphatic rings. The van der Waals surface area contributed by atoms with E-state index in [2.05, 4.69) is 4.74 Å². The average Bonchev–Trinajstić information content (AvgIpc) is 2.35. The van der Waals surface area contributed by atoms with Crippen LogP contribution in [-0.2, 0) is 9.47 Å². The van der Waals surface area contributed by atoms with Gasteiger partial charge in [0.1, 0.15) is 5.75 Å². The highest BCUT2D eigenvalue weighted by Crippen LogP contribution is 2.22. The van der Waals surface area contributed by atoms with E-state index in [1.165, 1.54) is 13.2 Å². The summed E-state index contributed by atoms with van der Waals surface area (Å²) in [5, 5.41) is 0. The first-order valence-corrected chi connectivity index (χ1v) is 5.28. The van der Waals surface area contributed by atoms with Crippen molar-refractivity contribution in [1.82, 2.24) is 0 Å². The average molecular weight is 239 g/mol. The molecule has 0 saturated heterocycles. The fourth-order valence-electron chi connectivity index (χ4n) is 1.31. The monoisotopic (exact) mass is 239 g/mol. The zero-order valence-corrected chi connectivity index (χ0v) is 10.1. The molecule has 1 rings (SSSR count). The topological polar surface area (TPSA) is 70.8 Å². The molecule has 0 aliphatic heterocycles. The third kappa shape index (κ3) is 3.96. The zero-order chi connectivity index (χ0) is 12.7. The Labute approximate surface area is 100 Å². The van der Waals surface area contributed by atoms with E-state index in [0.29, 0.717) is 30.2 Å². The van der Waals surface area contributed by atoms with Gasteiger partial charge in [-0.3, -0.25) is 0 Å². The number of hydrogen-bond donors (Lipinski definition) is 1. The zero-order valence-electron chi connectivity index (χ0n) is 10.1. The van der Waals surface area contributed by atoms with Crippen LogP contribution in [0.2, 0.25) is 0 Å². The minimum absolute atomic E-state index is 0.411. The number of nitrogens with two attached hydrogens (primary N) is 1. The molecule has 1 aromatic carbocycles. The van der Waals surface area contributed by atoms with Gasteiger partial charge >= 0.3 is 5.97 Å². The summed E-state index contributed by atoms with van der Waals surface area (Å²) in [7, 11) is 2.97. The Bertz CT molecular complexity index is 379. The standard InChI is InChI=1S/C12H17NO4/c1-15-6-3-7-17-11-5-4-9(8-10(11)13)12(14)16-2/h4-5,8H,3,6-7,13H2,1-2H3. The van der Waals surface area contributed by atoms with Gasteiger partial charge in [0.25, 0.3) is 0 Å². The van der Waals surface area contributed by atoms with Crippen LogP contribution < -0.4 is 10.5 Å². The van der Waals surface area contributed by atoms with Gasteiger partial charge in [-0.15, -0.1) is 0 Å². The maximum Gasteiger partial charge on any atom is 0.337 e. The van der Waals surface area contributed by atoms with Crippen molar-refractivity contribution in [3.8, 4) is 5.75 Å². The summed E-state index contributed by atoms with van der Waals surface area (Å²) in [5.41, 5.74) is 6.60. The molecule has 0 spiro atoms. The normalized spacial score (nSPS) is 10.0. The molecule has 0 heterocycles. The molecule has 0 aliphatic carbocycles. The molecule has 0 aromatic heterocycles. The summed E-state index contributed by atoms with van der Waals surface area (Å²) in [6.07, 6.45) is 0.786. The SMILES string of the molecule is COCCCOc1ccc(C(=O)OC)cc1N. The van der Waals surface area contributed by atoms with Crippen LogP contribution in [0.4, 0.5) is 5.69 Å². The number of carbonyl (C=O) groups is 1. The Morgan fingerprint density at radius 3 is 2.65 bits per heavy atom. The Morgan fingerprint density at radius 1 is 1.29 bits per heavy atom. The first kappa shape index (κ1) is 13.3. The van der Waals surface area contributed by atoms with Crippen LogP contribution in [0.3, 0.4) is 0 Å². The molecule has 94 valence electrons. The highest BCUT2D eigenvalue weighted by atomic mass is 16.5. The molecule has 17 heavy (non-hydrogen) atoms. The molecule has 0 saturated carbocycles. The van der Waals surface area contributed by atoms with Gasteiger partial charge in [0, 0.05) is 20.1 Å². The second kappa shape index (κ2) is 6.75. The fourth-order valence-corrected chi connectivity index (χ4v) is 1.31. The number of carbonyl (C=O) groups excluding carboxylic acids is 1. The predicted octanol–water partition coefficient (Wildman–Crippen LogP) is 1.47. The predicted molar refractivity (Wildman–Crippen MR) is 64.2 cm³/mol. The molecule has 0 amide bonds. The van der Waals surface area contributed by atoms with Crippen LogP contribution in [0.25, 0.3) is 0 Å². The highest BCUT2D eigenvalue weighted by molar-refractivity contribution is 5.90. The van der Waals surface area contributed by atoms with Crippen LogP contribution in [0, 0.1) is 0 Å². The number of nitrogen functional groups attached to an aromatic ring is 1. The van der Waals surface area contributed by atoms with Crippen LogP contribution in [-0.4, -0.2) is 33.4 Å². The molecule has 0 bridgehead atoms. The van der Waals surface area contributed by atoms with Crippen LogP contribution in [0.5, 0.6) is 5.75 Å². The van der Waals surface area contributed by atoms with Crippen molar-refractivity contribution in [2.75, 3.05) is 33.2 Å². The smallest absolute Gasteiger partial charge is 0.337 e. The lowest BCUT2D eigenvalue weighted by atomic mass is 10.2.